The highest BCUT2D eigenvalue weighted by molar-refractivity contribution is 5.92. The predicted octanol–water partition coefficient (Wildman–Crippen LogP) is 0.190. The van der Waals surface area contributed by atoms with Gasteiger partial charge >= 0.3 is 0 Å². The summed E-state index contributed by atoms with van der Waals surface area (Å²) >= 11 is 0. The van der Waals surface area contributed by atoms with Gasteiger partial charge in [-0.25, -0.2) is 4.98 Å². The molecule has 1 saturated heterocycles. The molecule has 5 nitrogen and oxygen atoms in total. The Kier molecular flexibility index (Phi) is 2.25. The van der Waals surface area contributed by atoms with Crippen molar-refractivity contribution in [1.82, 2.24) is 9.88 Å². The van der Waals surface area contributed by atoms with Gasteiger partial charge in [-0.05, 0) is 13.3 Å². The number of aliphatic hydroxyl groups is 1. The van der Waals surface area contributed by atoms with Crippen LogP contribution in [-0.4, -0.2) is 40.1 Å². The van der Waals surface area contributed by atoms with Gasteiger partial charge in [0.2, 0.25) is 5.76 Å². The van der Waals surface area contributed by atoms with Crippen LogP contribution in [0.1, 0.15) is 22.7 Å². The molecule has 0 spiro atoms. The minimum atomic E-state index is -0.401. The normalized spacial score (nSPS) is 21.6. The quantitative estimate of drug-likeness (QED) is 0.696. The van der Waals surface area contributed by atoms with Crippen LogP contribution in [0.3, 0.4) is 0 Å². The van der Waals surface area contributed by atoms with E-state index in [-0.39, 0.29) is 11.7 Å². The number of aryl methyl sites for hydroxylation is 1. The van der Waals surface area contributed by atoms with E-state index in [2.05, 4.69) is 4.98 Å². The molecule has 1 aliphatic rings. The lowest BCUT2D eigenvalue weighted by atomic mass is 10.3. The van der Waals surface area contributed by atoms with Gasteiger partial charge in [0.25, 0.3) is 5.91 Å². The second-order valence-electron chi connectivity index (χ2n) is 3.46. The first-order valence-corrected chi connectivity index (χ1v) is 4.56. The Hall–Kier alpha value is -1.36. The van der Waals surface area contributed by atoms with Crippen LogP contribution in [0.25, 0.3) is 0 Å². The second kappa shape index (κ2) is 3.42. The molecule has 76 valence electrons. The average molecular weight is 196 g/mol. The summed E-state index contributed by atoms with van der Waals surface area (Å²) in [4.78, 5) is 17.2. The van der Waals surface area contributed by atoms with Crippen LogP contribution in [0.4, 0.5) is 0 Å². The fourth-order valence-electron chi connectivity index (χ4n) is 1.58. The van der Waals surface area contributed by atoms with E-state index in [1.807, 2.05) is 0 Å². The van der Waals surface area contributed by atoms with E-state index in [9.17, 15) is 9.90 Å². The number of aliphatic hydroxyl groups excluding tert-OH is 1. The smallest absolute Gasteiger partial charge is 0.291 e. The molecule has 1 fully saturated rings. The fourth-order valence-corrected chi connectivity index (χ4v) is 1.58. The Morgan fingerprint density at radius 1 is 1.79 bits per heavy atom. The van der Waals surface area contributed by atoms with Crippen LogP contribution in [0, 0.1) is 6.92 Å². The van der Waals surface area contributed by atoms with Gasteiger partial charge in [-0.15, -0.1) is 0 Å². The molecular formula is C9H12N2O3. The third-order valence-electron chi connectivity index (χ3n) is 2.39. The Bertz CT molecular complexity index is 348. The summed E-state index contributed by atoms with van der Waals surface area (Å²) in [7, 11) is 0. The molecule has 14 heavy (non-hydrogen) atoms. The SMILES string of the molecule is Cc1ncoc1C(=O)N1CC[C@@H](O)C1. The number of likely N-dealkylation sites (tertiary alicyclic amines) is 1. The van der Waals surface area contributed by atoms with Gasteiger partial charge in [-0.3, -0.25) is 4.79 Å². The van der Waals surface area contributed by atoms with Crippen molar-refractivity contribution in [3.8, 4) is 0 Å². The number of hydrogen-bond donors (Lipinski definition) is 1. The molecule has 0 bridgehead atoms. The number of carbonyl (C=O) groups is 1. The molecular weight excluding hydrogens is 184 g/mol. The molecule has 0 aliphatic carbocycles. The molecule has 1 atom stereocenters. The van der Waals surface area contributed by atoms with E-state index in [0.717, 1.165) is 0 Å². The highest BCUT2D eigenvalue weighted by Gasteiger charge is 2.28. The van der Waals surface area contributed by atoms with Gasteiger partial charge in [-0.2, -0.15) is 0 Å². The summed E-state index contributed by atoms with van der Waals surface area (Å²) < 4.78 is 4.99. The van der Waals surface area contributed by atoms with E-state index in [1.54, 1.807) is 11.8 Å². The van der Waals surface area contributed by atoms with Crippen molar-refractivity contribution in [2.75, 3.05) is 13.1 Å². The molecule has 1 aromatic heterocycles. The Labute approximate surface area is 81.3 Å². The first-order valence-electron chi connectivity index (χ1n) is 4.56. The average Bonchev–Trinajstić information content (AvgIpc) is 2.73. The first kappa shape index (κ1) is 9.21. The Balaban J connectivity index is 2.13. The summed E-state index contributed by atoms with van der Waals surface area (Å²) in [6, 6.07) is 0. The summed E-state index contributed by atoms with van der Waals surface area (Å²) in [5.74, 6) is 0.0932. The van der Waals surface area contributed by atoms with E-state index < -0.39 is 6.10 Å². The first-order chi connectivity index (χ1) is 6.68. The van der Waals surface area contributed by atoms with Crippen LogP contribution in [0.2, 0.25) is 0 Å². The zero-order chi connectivity index (χ0) is 10.1. The minimum absolute atomic E-state index is 0.184. The van der Waals surface area contributed by atoms with Crippen molar-refractivity contribution >= 4 is 5.91 Å². The number of hydrogen-bond acceptors (Lipinski definition) is 4. The van der Waals surface area contributed by atoms with Gasteiger partial charge in [0, 0.05) is 13.1 Å². The van der Waals surface area contributed by atoms with E-state index >= 15 is 0 Å². The van der Waals surface area contributed by atoms with Crippen molar-refractivity contribution in [2.45, 2.75) is 19.4 Å². The van der Waals surface area contributed by atoms with E-state index in [0.29, 0.717) is 25.2 Å². The van der Waals surface area contributed by atoms with E-state index in [4.69, 9.17) is 4.42 Å². The molecule has 0 saturated carbocycles. The number of β-amino-alcohol motifs (C(OH)–C–C–N with tert-alkyl or cyclic N) is 1. The van der Waals surface area contributed by atoms with Crippen molar-refractivity contribution in [3.63, 3.8) is 0 Å². The van der Waals surface area contributed by atoms with Gasteiger partial charge < -0.3 is 14.4 Å². The van der Waals surface area contributed by atoms with Gasteiger partial charge in [0.05, 0.1) is 11.8 Å². The zero-order valence-corrected chi connectivity index (χ0v) is 7.93. The number of nitrogens with zero attached hydrogens (tertiary/aromatic N) is 2. The lowest BCUT2D eigenvalue weighted by molar-refractivity contribution is 0.0733. The third-order valence-corrected chi connectivity index (χ3v) is 2.39. The third kappa shape index (κ3) is 1.50. The molecule has 0 aromatic carbocycles. The lowest BCUT2D eigenvalue weighted by Crippen LogP contribution is -2.29. The Morgan fingerprint density at radius 3 is 3.07 bits per heavy atom. The molecule has 5 heteroatoms. The zero-order valence-electron chi connectivity index (χ0n) is 7.93. The molecule has 1 aliphatic heterocycles. The maximum Gasteiger partial charge on any atom is 0.291 e. The second-order valence-corrected chi connectivity index (χ2v) is 3.46. The summed E-state index contributed by atoms with van der Waals surface area (Å²) in [6.07, 6.45) is 1.50. The lowest BCUT2D eigenvalue weighted by Gasteiger charge is -2.13. The molecule has 1 aromatic rings. The molecule has 2 rings (SSSR count). The summed E-state index contributed by atoms with van der Waals surface area (Å²) in [6.45, 7) is 2.70. The monoisotopic (exact) mass is 196 g/mol. The summed E-state index contributed by atoms with van der Waals surface area (Å²) in [5.41, 5.74) is 0.594. The van der Waals surface area contributed by atoms with E-state index in [1.165, 1.54) is 6.39 Å². The molecule has 0 unspecified atom stereocenters. The van der Waals surface area contributed by atoms with Crippen LogP contribution in [0.5, 0.6) is 0 Å². The largest absolute Gasteiger partial charge is 0.438 e. The fraction of sp³-hybridized carbons (Fsp3) is 0.556. The maximum atomic E-state index is 11.8. The molecule has 1 N–H and O–H groups in total. The van der Waals surface area contributed by atoms with Gasteiger partial charge in [0.15, 0.2) is 6.39 Å². The van der Waals surface area contributed by atoms with Crippen LogP contribution in [0.15, 0.2) is 10.8 Å². The van der Waals surface area contributed by atoms with Gasteiger partial charge in [0.1, 0.15) is 0 Å². The number of rotatable bonds is 1. The van der Waals surface area contributed by atoms with Crippen molar-refractivity contribution < 1.29 is 14.3 Å². The van der Waals surface area contributed by atoms with Crippen molar-refractivity contribution in [2.24, 2.45) is 0 Å². The maximum absolute atomic E-state index is 11.8. The van der Waals surface area contributed by atoms with Crippen LogP contribution in [-0.2, 0) is 0 Å². The number of aromatic nitrogens is 1. The van der Waals surface area contributed by atoms with Crippen molar-refractivity contribution in [3.05, 3.63) is 17.8 Å². The number of oxazole rings is 1. The minimum Gasteiger partial charge on any atom is -0.438 e. The highest BCUT2D eigenvalue weighted by Crippen LogP contribution is 2.15. The van der Waals surface area contributed by atoms with Gasteiger partial charge in [-0.1, -0.05) is 0 Å². The van der Waals surface area contributed by atoms with Crippen molar-refractivity contribution in [1.29, 1.82) is 0 Å². The predicted molar refractivity (Wildman–Crippen MR) is 47.8 cm³/mol. The molecule has 0 radical (unpaired) electrons. The molecule has 2 heterocycles. The van der Waals surface area contributed by atoms with Crippen LogP contribution >= 0.6 is 0 Å². The number of amides is 1. The summed E-state index contributed by atoms with van der Waals surface area (Å²) in [5, 5.41) is 9.28. The topological polar surface area (TPSA) is 66.6 Å². The van der Waals surface area contributed by atoms with Crippen LogP contribution < -0.4 is 0 Å². The highest BCUT2D eigenvalue weighted by atomic mass is 16.4. The standard InChI is InChI=1S/C9H12N2O3/c1-6-8(14-5-10-6)9(13)11-3-2-7(12)4-11/h5,7,12H,2-4H2,1H3/t7-/m1/s1. The Morgan fingerprint density at radius 2 is 2.57 bits per heavy atom. The number of carbonyl (C=O) groups excluding carboxylic acids is 1. The molecule has 1 amide bonds.